The molecule has 1 aromatic carbocycles. The smallest absolute Gasteiger partial charge is 0.317 e. The van der Waals surface area contributed by atoms with Crippen molar-refractivity contribution < 1.29 is 14.7 Å². The molecule has 0 aromatic heterocycles. The predicted molar refractivity (Wildman–Crippen MR) is 68.6 cm³/mol. The number of carbonyl (C=O) groups excluding carboxylic acids is 1. The van der Waals surface area contributed by atoms with E-state index in [1.54, 1.807) is 31.2 Å². The second-order valence-corrected chi connectivity index (χ2v) is 5.43. The van der Waals surface area contributed by atoms with E-state index < -0.39 is 11.4 Å². The van der Waals surface area contributed by atoms with Gasteiger partial charge in [-0.15, -0.1) is 0 Å². The number of hydrogen-bond acceptors (Lipinski definition) is 2. The Balaban J connectivity index is 2.30. The van der Waals surface area contributed by atoms with Crippen LogP contribution in [0.25, 0.3) is 0 Å². The van der Waals surface area contributed by atoms with Crippen LogP contribution in [0.5, 0.6) is 0 Å². The largest absolute Gasteiger partial charge is 0.480 e. The van der Waals surface area contributed by atoms with Crippen LogP contribution < -0.4 is 0 Å². The average molecular weight is 267 g/mol. The van der Waals surface area contributed by atoms with E-state index in [-0.39, 0.29) is 18.1 Å². The second-order valence-electron chi connectivity index (χ2n) is 4.99. The van der Waals surface area contributed by atoms with E-state index in [0.717, 1.165) is 5.56 Å². The van der Waals surface area contributed by atoms with E-state index in [4.69, 9.17) is 11.6 Å². The number of carboxylic acids is 1. The Labute approximate surface area is 111 Å². The van der Waals surface area contributed by atoms with Crippen molar-refractivity contribution in [3.05, 3.63) is 34.9 Å². The van der Waals surface area contributed by atoms with Crippen LogP contribution in [0, 0.1) is 11.3 Å². The van der Waals surface area contributed by atoms with Gasteiger partial charge in [-0.2, -0.15) is 0 Å². The van der Waals surface area contributed by atoms with Gasteiger partial charge in [-0.1, -0.05) is 30.7 Å². The van der Waals surface area contributed by atoms with E-state index >= 15 is 0 Å². The number of carbonyl (C=O) groups is 2. The Morgan fingerprint density at radius 3 is 2.50 bits per heavy atom. The summed E-state index contributed by atoms with van der Waals surface area (Å²) >= 11 is 5.79. The number of aliphatic carboxylic acids is 1. The van der Waals surface area contributed by atoms with Crippen molar-refractivity contribution in [2.75, 3.05) is 0 Å². The number of ketones is 1. The van der Waals surface area contributed by atoms with Crippen molar-refractivity contribution in [2.24, 2.45) is 11.3 Å². The average Bonchev–Trinajstić information content (AvgIpc) is 2.62. The Bertz CT molecular complexity index is 480. The molecular weight excluding hydrogens is 252 g/mol. The third kappa shape index (κ3) is 2.15. The van der Waals surface area contributed by atoms with E-state index in [9.17, 15) is 14.7 Å². The minimum atomic E-state index is -1.24. The van der Waals surface area contributed by atoms with Crippen molar-refractivity contribution in [3.63, 3.8) is 0 Å². The Kier molecular flexibility index (Phi) is 3.44. The van der Waals surface area contributed by atoms with E-state index in [2.05, 4.69) is 0 Å². The highest BCUT2D eigenvalue weighted by molar-refractivity contribution is 6.30. The lowest BCUT2D eigenvalue weighted by Gasteiger charge is -2.22. The molecule has 0 amide bonds. The van der Waals surface area contributed by atoms with Crippen LogP contribution in [-0.2, 0) is 16.0 Å². The van der Waals surface area contributed by atoms with Gasteiger partial charge in [0.15, 0.2) is 5.78 Å². The maximum absolute atomic E-state index is 12.1. The topological polar surface area (TPSA) is 54.4 Å². The maximum Gasteiger partial charge on any atom is 0.317 e. The highest BCUT2D eigenvalue weighted by Gasteiger charge is 2.51. The summed E-state index contributed by atoms with van der Waals surface area (Å²) in [7, 11) is 0. The van der Waals surface area contributed by atoms with E-state index in [1.165, 1.54) is 0 Å². The fraction of sp³-hybridized carbons (Fsp3) is 0.429. The fourth-order valence-electron chi connectivity index (χ4n) is 2.60. The molecule has 0 bridgehead atoms. The SMILES string of the molecule is CC1CCC(Cc2ccc(Cl)cc2)(C(=O)O)C1=O. The maximum atomic E-state index is 12.1. The standard InChI is InChI=1S/C14H15ClO3/c1-9-6-7-14(12(9)16,13(17)18)8-10-2-4-11(15)5-3-10/h2-5,9H,6-8H2,1H3,(H,17,18). The van der Waals surface area contributed by atoms with Crippen LogP contribution in [0.3, 0.4) is 0 Å². The highest BCUT2D eigenvalue weighted by atomic mass is 35.5. The molecule has 18 heavy (non-hydrogen) atoms. The molecule has 2 rings (SSSR count). The van der Waals surface area contributed by atoms with Crippen molar-refractivity contribution in [1.29, 1.82) is 0 Å². The molecule has 2 unspecified atom stereocenters. The van der Waals surface area contributed by atoms with Crippen LogP contribution in [0.1, 0.15) is 25.3 Å². The summed E-state index contributed by atoms with van der Waals surface area (Å²) in [6.45, 7) is 1.80. The Hall–Kier alpha value is -1.35. The molecule has 1 saturated carbocycles. The first-order chi connectivity index (χ1) is 8.45. The molecule has 4 heteroatoms. The summed E-state index contributed by atoms with van der Waals surface area (Å²) in [5.41, 5.74) is -0.406. The van der Waals surface area contributed by atoms with Crippen LogP contribution in [-0.4, -0.2) is 16.9 Å². The summed E-state index contributed by atoms with van der Waals surface area (Å²) in [5, 5.41) is 10.0. The summed E-state index contributed by atoms with van der Waals surface area (Å²) < 4.78 is 0. The Morgan fingerprint density at radius 1 is 1.44 bits per heavy atom. The molecule has 1 N–H and O–H groups in total. The highest BCUT2D eigenvalue weighted by Crippen LogP contribution is 2.41. The number of halogens is 1. The predicted octanol–water partition coefficient (Wildman–Crippen LogP) is 2.95. The molecule has 0 spiro atoms. The van der Waals surface area contributed by atoms with Crippen LogP contribution in [0.2, 0.25) is 5.02 Å². The molecule has 0 saturated heterocycles. The number of benzene rings is 1. The first-order valence-corrected chi connectivity index (χ1v) is 6.36. The molecule has 3 nitrogen and oxygen atoms in total. The lowest BCUT2D eigenvalue weighted by atomic mass is 9.78. The number of rotatable bonds is 3. The van der Waals surface area contributed by atoms with Gasteiger partial charge in [0.1, 0.15) is 5.41 Å². The van der Waals surface area contributed by atoms with Crippen molar-refractivity contribution >= 4 is 23.4 Å². The number of hydrogen-bond donors (Lipinski definition) is 1. The van der Waals surface area contributed by atoms with Crippen LogP contribution in [0.15, 0.2) is 24.3 Å². The zero-order valence-corrected chi connectivity index (χ0v) is 10.9. The molecule has 1 aromatic rings. The third-order valence-electron chi connectivity index (χ3n) is 3.75. The van der Waals surface area contributed by atoms with Gasteiger partial charge in [-0.3, -0.25) is 9.59 Å². The monoisotopic (exact) mass is 266 g/mol. The van der Waals surface area contributed by atoms with Crippen LogP contribution >= 0.6 is 11.6 Å². The van der Waals surface area contributed by atoms with Gasteiger partial charge in [0.25, 0.3) is 0 Å². The third-order valence-corrected chi connectivity index (χ3v) is 4.00. The van der Waals surface area contributed by atoms with E-state index in [1.807, 2.05) is 0 Å². The van der Waals surface area contributed by atoms with E-state index in [0.29, 0.717) is 17.9 Å². The molecular formula is C14H15ClO3. The molecule has 0 heterocycles. The van der Waals surface area contributed by atoms with Gasteiger partial charge in [0, 0.05) is 10.9 Å². The van der Waals surface area contributed by atoms with Crippen molar-refractivity contribution in [2.45, 2.75) is 26.2 Å². The summed E-state index contributed by atoms with van der Waals surface area (Å²) in [5.74, 6) is -1.31. The van der Waals surface area contributed by atoms with Gasteiger partial charge >= 0.3 is 5.97 Å². The zero-order chi connectivity index (χ0) is 13.3. The minimum Gasteiger partial charge on any atom is -0.480 e. The summed E-state index contributed by atoms with van der Waals surface area (Å²) in [4.78, 5) is 23.6. The molecule has 0 aliphatic heterocycles. The van der Waals surface area contributed by atoms with Gasteiger partial charge in [0.2, 0.25) is 0 Å². The Morgan fingerprint density at radius 2 is 2.06 bits per heavy atom. The first-order valence-electron chi connectivity index (χ1n) is 5.98. The van der Waals surface area contributed by atoms with Crippen LogP contribution in [0.4, 0.5) is 0 Å². The first kappa shape index (κ1) is 13.1. The lowest BCUT2D eigenvalue weighted by molar-refractivity contribution is -0.153. The molecule has 1 aliphatic carbocycles. The van der Waals surface area contributed by atoms with Crippen molar-refractivity contribution in [1.82, 2.24) is 0 Å². The van der Waals surface area contributed by atoms with Gasteiger partial charge in [-0.25, -0.2) is 0 Å². The molecule has 1 fully saturated rings. The fourth-order valence-corrected chi connectivity index (χ4v) is 2.73. The van der Waals surface area contributed by atoms with Gasteiger partial charge < -0.3 is 5.11 Å². The normalized spacial score (nSPS) is 27.4. The molecule has 96 valence electrons. The number of carboxylic acid groups (broad SMARTS) is 1. The summed E-state index contributed by atoms with van der Waals surface area (Å²) in [6, 6.07) is 7.00. The lowest BCUT2D eigenvalue weighted by Crippen LogP contribution is -2.38. The van der Waals surface area contributed by atoms with Gasteiger partial charge in [0.05, 0.1) is 0 Å². The second kappa shape index (κ2) is 4.73. The molecule has 0 radical (unpaired) electrons. The quantitative estimate of drug-likeness (QED) is 0.856. The van der Waals surface area contributed by atoms with Gasteiger partial charge in [-0.05, 0) is 37.0 Å². The zero-order valence-electron chi connectivity index (χ0n) is 10.1. The minimum absolute atomic E-state index is 0.148. The van der Waals surface area contributed by atoms with Crippen molar-refractivity contribution in [3.8, 4) is 0 Å². The number of Topliss-reactive ketones (excluding diaryl/α,β-unsaturated/α-hetero) is 1. The molecule has 1 aliphatic rings. The summed E-state index contributed by atoms with van der Waals surface area (Å²) in [6.07, 6.45) is 1.33. The molecule has 2 atom stereocenters.